The summed E-state index contributed by atoms with van der Waals surface area (Å²) in [5.74, 6) is -0.426. The molecule has 0 fully saturated rings. The summed E-state index contributed by atoms with van der Waals surface area (Å²) in [7, 11) is 0. The Morgan fingerprint density at radius 3 is 2.67 bits per heavy atom. The average molecular weight is 304 g/mol. The molecule has 0 aliphatic rings. The van der Waals surface area contributed by atoms with E-state index in [-0.39, 0.29) is 17.4 Å². The van der Waals surface area contributed by atoms with E-state index in [0.717, 1.165) is 16.2 Å². The molecule has 2 aromatic rings. The van der Waals surface area contributed by atoms with E-state index in [4.69, 9.17) is 15.7 Å². The molecule has 2 N–H and O–H groups in total. The molecule has 21 heavy (non-hydrogen) atoms. The summed E-state index contributed by atoms with van der Waals surface area (Å²) >= 11 is 1.59. The highest BCUT2D eigenvalue weighted by Gasteiger charge is 2.23. The summed E-state index contributed by atoms with van der Waals surface area (Å²) in [6, 6.07) is 9.81. The van der Waals surface area contributed by atoms with Crippen LogP contribution in [0.4, 0.5) is 4.39 Å². The quantitative estimate of drug-likeness (QED) is 0.910. The summed E-state index contributed by atoms with van der Waals surface area (Å²) in [5, 5.41) is 8.77. The molecule has 0 bridgehead atoms. The Balaban J connectivity index is 2.29. The zero-order valence-corrected chi connectivity index (χ0v) is 12.8. The van der Waals surface area contributed by atoms with Crippen LogP contribution in [-0.4, -0.2) is 6.04 Å². The first kappa shape index (κ1) is 15.5. The Bertz CT molecular complexity index is 663. The average Bonchev–Trinajstić information content (AvgIpc) is 2.91. The van der Waals surface area contributed by atoms with Gasteiger partial charge >= 0.3 is 0 Å². The van der Waals surface area contributed by atoms with Crippen LogP contribution in [0.5, 0.6) is 5.75 Å². The van der Waals surface area contributed by atoms with E-state index >= 15 is 0 Å². The fourth-order valence-electron chi connectivity index (χ4n) is 1.98. The number of rotatable bonds is 5. The number of ether oxygens (including phenoxy) is 1. The van der Waals surface area contributed by atoms with Crippen molar-refractivity contribution in [3.8, 4) is 11.8 Å². The standard InChI is InChI=1S/C16H17FN2OS/c1-3-13(19)16(15-7-4-10(2)21-15)20-14-6-5-11(9-18)8-12(14)17/h4-8,13,16H,3,19H2,1-2H3. The third-order valence-corrected chi connectivity index (χ3v) is 4.28. The Hall–Kier alpha value is -1.90. The van der Waals surface area contributed by atoms with Crippen molar-refractivity contribution in [2.75, 3.05) is 0 Å². The molecule has 2 unspecified atom stereocenters. The number of hydrogen-bond acceptors (Lipinski definition) is 4. The minimum atomic E-state index is -0.546. The lowest BCUT2D eigenvalue weighted by Crippen LogP contribution is -2.31. The van der Waals surface area contributed by atoms with E-state index in [1.165, 1.54) is 18.2 Å². The van der Waals surface area contributed by atoms with Gasteiger partial charge in [-0.05, 0) is 43.7 Å². The highest BCUT2D eigenvalue weighted by Crippen LogP contribution is 2.31. The molecule has 1 aromatic heterocycles. The van der Waals surface area contributed by atoms with Crippen LogP contribution in [-0.2, 0) is 0 Å². The van der Waals surface area contributed by atoms with E-state index in [1.54, 1.807) is 11.3 Å². The smallest absolute Gasteiger partial charge is 0.166 e. The van der Waals surface area contributed by atoms with Gasteiger partial charge in [-0.25, -0.2) is 4.39 Å². The molecule has 0 aliphatic heterocycles. The molecule has 0 saturated heterocycles. The first-order valence-corrected chi connectivity index (χ1v) is 7.55. The van der Waals surface area contributed by atoms with Crippen molar-refractivity contribution in [2.24, 2.45) is 5.73 Å². The van der Waals surface area contributed by atoms with Crippen LogP contribution in [0.1, 0.15) is 34.8 Å². The van der Waals surface area contributed by atoms with E-state index in [0.29, 0.717) is 0 Å². The number of nitrogens with zero attached hydrogens (tertiary/aromatic N) is 1. The van der Waals surface area contributed by atoms with Crippen molar-refractivity contribution in [1.29, 1.82) is 5.26 Å². The van der Waals surface area contributed by atoms with E-state index in [9.17, 15) is 4.39 Å². The molecule has 2 rings (SSSR count). The highest BCUT2D eigenvalue weighted by atomic mass is 32.1. The first-order chi connectivity index (χ1) is 10.0. The summed E-state index contributed by atoms with van der Waals surface area (Å²) in [6.07, 6.45) is 0.329. The molecule has 0 spiro atoms. The zero-order chi connectivity index (χ0) is 15.4. The molecule has 110 valence electrons. The van der Waals surface area contributed by atoms with Crippen molar-refractivity contribution >= 4 is 11.3 Å². The third-order valence-electron chi connectivity index (χ3n) is 3.22. The van der Waals surface area contributed by atoms with Gasteiger partial charge in [-0.3, -0.25) is 0 Å². The Kier molecular flexibility index (Phi) is 4.94. The SMILES string of the molecule is CCC(N)C(Oc1ccc(C#N)cc1F)c1ccc(C)s1. The van der Waals surface area contributed by atoms with Gasteiger partial charge in [0.1, 0.15) is 6.10 Å². The second-order valence-corrected chi connectivity index (χ2v) is 6.14. The lowest BCUT2D eigenvalue weighted by atomic mass is 10.1. The Morgan fingerprint density at radius 1 is 1.38 bits per heavy atom. The maximum absolute atomic E-state index is 14.0. The minimum absolute atomic E-state index is 0.119. The van der Waals surface area contributed by atoms with Crippen molar-refractivity contribution in [1.82, 2.24) is 0 Å². The van der Waals surface area contributed by atoms with E-state index < -0.39 is 11.9 Å². The number of thiophene rings is 1. The van der Waals surface area contributed by atoms with Gasteiger partial charge in [0, 0.05) is 15.8 Å². The molecule has 0 radical (unpaired) electrons. The van der Waals surface area contributed by atoms with Gasteiger partial charge in [0.2, 0.25) is 0 Å². The van der Waals surface area contributed by atoms with Crippen molar-refractivity contribution < 1.29 is 9.13 Å². The predicted molar refractivity (Wildman–Crippen MR) is 81.8 cm³/mol. The molecule has 2 atom stereocenters. The van der Waals surface area contributed by atoms with Gasteiger partial charge in [0.05, 0.1) is 11.6 Å². The van der Waals surface area contributed by atoms with Gasteiger partial charge < -0.3 is 10.5 Å². The first-order valence-electron chi connectivity index (χ1n) is 6.73. The fraction of sp³-hybridized carbons (Fsp3) is 0.312. The van der Waals surface area contributed by atoms with Gasteiger partial charge in [0.15, 0.2) is 11.6 Å². The second-order valence-electron chi connectivity index (χ2n) is 4.82. The predicted octanol–water partition coefficient (Wildman–Crippen LogP) is 3.92. The third kappa shape index (κ3) is 3.60. The molecule has 0 saturated carbocycles. The lowest BCUT2D eigenvalue weighted by molar-refractivity contribution is 0.167. The molecular weight excluding hydrogens is 287 g/mol. The van der Waals surface area contributed by atoms with Gasteiger partial charge in [-0.1, -0.05) is 6.92 Å². The molecule has 5 heteroatoms. The number of aryl methyl sites for hydroxylation is 1. The van der Waals surface area contributed by atoms with E-state index in [1.807, 2.05) is 32.0 Å². The van der Waals surface area contributed by atoms with E-state index in [2.05, 4.69) is 0 Å². The Morgan fingerprint density at radius 2 is 2.14 bits per heavy atom. The van der Waals surface area contributed by atoms with Gasteiger partial charge in [0.25, 0.3) is 0 Å². The maximum atomic E-state index is 14.0. The number of benzene rings is 1. The number of hydrogen-bond donors (Lipinski definition) is 1. The van der Waals surface area contributed by atoms with Crippen LogP contribution in [0.3, 0.4) is 0 Å². The monoisotopic (exact) mass is 304 g/mol. The fourth-order valence-corrected chi connectivity index (χ4v) is 2.96. The summed E-state index contributed by atoms with van der Waals surface area (Å²) in [4.78, 5) is 2.13. The summed E-state index contributed by atoms with van der Waals surface area (Å²) in [5.41, 5.74) is 6.39. The summed E-state index contributed by atoms with van der Waals surface area (Å²) in [6.45, 7) is 3.97. The topological polar surface area (TPSA) is 59.0 Å². The van der Waals surface area contributed by atoms with Crippen LogP contribution in [0, 0.1) is 24.1 Å². The largest absolute Gasteiger partial charge is 0.480 e. The number of halogens is 1. The molecule has 0 aliphatic carbocycles. The van der Waals surface area contributed by atoms with Crippen LogP contribution in [0.15, 0.2) is 30.3 Å². The molecule has 0 amide bonds. The number of nitrogens with two attached hydrogens (primary N) is 1. The van der Waals surface area contributed by atoms with Crippen LogP contribution in [0.25, 0.3) is 0 Å². The van der Waals surface area contributed by atoms with Crippen molar-refractivity contribution in [3.05, 3.63) is 51.5 Å². The highest BCUT2D eigenvalue weighted by molar-refractivity contribution is 7.12. The van der Waals surface area contributed by atoms with Crippen molar-refractivity contribution in [2.45, 2.75) is 32.4 Å². The zero-order valence-electron chi connectivity index (χ0n) is 12.0. The molecule has 1 aromatic carbocycles. The van der Waals surface area contributed by atoms with Crippen LogP contribution < -0.4 is 10.5 Å². The molecule has 1 heterocycles. The van der Waals surface area contributed by atoms with Crippen LogP contribution >= 0.6 is 11.3 Å². The summed E-state index contributed by atoms with van der Waals surface area (Å²) < 4.78 is 19.8. The van der Waals surface area contributed by atoms with Crippen molar-refractivity contribution in [3.63, 3.8) is 0 Å². The van der Waals surface area contributed by atoms with Gasteiger partial charge in [-0.2, -0.15) is 5.26 Å². The van der Waals surface area contributed by atoms with Crippen LogP contribution in [0.2, 0.25) is 0 Å². The molecule has 3 nitrogen and oxygen atoms in total. The number of nitriles is 1. The normalized spacial score (nSPS) is 13.5. The molecular formula is C16H17FN2OS. The Labute approximate surface area is 127 Å². The van der Waals surface area contributed by atoms with Gasteiger partial charge in [-0.15, -0.1) is 11.3 Å². The lowest BCUT2D eigenvalue weighted by Gasteiger charge is -2.23. The minimum Gasteiger partial charge on any atom is -0.480 e. The second kappa shape index (κ2) is 6.70. The maximum Gasteiger partial charge on any atom is 0.166 e.